The molecule has 1 rings (SSSR count). The van der Waals surface area contributed by atoms with Crippen LogP contribution < -0.4 is 0 Å². The zero-order valence-electron chi connectivity index (χ0n) is 12.8. The molecule has 0 spiro atoms. The molecule has 1 unspecified atom stereocenters. The van der Waals surface area contributed by atoms with Crippen molar-refractivity contribution in [2.45, 2.75) is 60.4 Å². The van der Waals surface area contributed by atoms with E-state index in [-0.39, 0.29) is 5.41 Å². The molecule has 1 heterocycles. The van der Waals surface area contributed by atoms with Gasteiger partial charge < -0.3 is 9.67 Å². The van der Waals surface area contributed by atoms with Crippen molar-refractivity contribution >= 4 is 5.97 Å². The van der Waals surface area contributed by atoms with E-state index in [0.717, 1.165) is 12.2 Å². The number of carboxylic acid groups (broad SMARTS) is 1. The van der Waals surface area contributed by atoms with E-state index in [1.165, 1.54) is 0 Å². The zero-order valence-corrected chi connectivity index (χ0v) is 12.8. The van der Waals surface area contributed by atoms with Crippen LogP contribution in [0.4, 0.5) is 0 Å². The molecule has 0 amide bonds. The standard InChI is InChI=1S/C14H25N3O2/c1-9(2)7-11(13(18)19)17-10(3)15-16-12(17)8-14(4,5)6/h9,11H,7-8H2,1-6H3,(H,18,19). The van der Waals surface area contributed by atoms with Gasteiger partial charge in [0.15, 0.2) is 0 Å². The van der Waals surface area contributed by atoms with Gasteiger partial charge in [-0.25, -0.2) is 4.79 Å². The first-order valence-corrected chi connectivity index (χ1v) is 6.75. The van der Waals surface area contributed by atoms with Crippen molar-refractivity contribution in [3.05, 3.63) is 11.6 Å². The lowest BCUT2D eigenvalue weighted by Crippen LogP contribution is -2.25. The van der Waals surface area contributed by atoms with Crippen LogP contribution in [-0.2, 0) is 11.2 Å². The lowest BCUT2D eigenvalue weighted by molar-refractivity contribution is -0.141. The maximum Gasteiger partial charge on any atom is 0.326 e. The molecule has 1 atom stereocenters. The second-order valence-corrected chi connectivity index (χ2v) is 6.75. The number of nitrogens with zero attached hydrogens (tertiary/aromatic N) is 3. The van der Waals surface area contributed by atoms with Crippen LogP contribution in [0.2, 0.25) is 0 Å². The van der Waals surface area contributed by atoms with Crippen molar-refractivity contribution in [3.63, 3.8) is 0 Å². The molecule has 0 saturated heterocycles. The van der Waals surface area contributed by atoms with Crippen LogP contribution in [-0.4, -0.2) is 25.8 Å². The zero-order chi connectivity index (χ0) is 14.8. The average Bonchev–Trinajstić information content (AvgIpc) is 2.53. The van der Waals surface area contributed by atoms with E-state index in [1.807, 2.05) is 20.8 Å². The number of carboxylic acids is 1. The first-order chi connectivity index (χ1) is 8.61. The number of rotatable bonds is 5. The molecule has 0 aliphatic rings. The summed E-state index contributed by atoms with van der Waals surface area (Å²) in [6.45, 7) is 12.2. The van der Waals surface area contributed by atoms with Gasteiger partial charge >= 0.3 is 5.97 Å². The van der Waals surface area contributed by atoms with Crippen molar-refractivity contribution in [1.82, 2.24) is 14.8 Å². The summed E-state index contributed by atoms with van der Waals surface area (Å²) in [7, 11) is 0. The largest absolute Gasteiger partial charge is 0.480 e. The van der Waals surface area contributed by atoms with Gasteiger partial charge in [-0.1, -0.05) is 34.6 Å². The lowest BCUT2D eigenvalue weighted by Gasteiger charge is -2.22. The van der Waals surface area contributed by atoms with E-state index in [1.54, 1.807) is 4.57 Å². The number of aryl methyl sites for hydroxylation is 1. The topological polar surface area (TPSA) is 68.0 Å². The van der Waals surface area contributed by atoms with Gasteiger partial charge in [0.1, 0.15) is 17.7 Å². The Morgan fingerprint density at radius 2 is 1.89 bits per heavy atom. The lowest BCUT2D eigenvalue weighted by atomic mass is 9.91. The Kier molecular flexibility index (Phi) is 4.71. The smallest absolute Gasteiger partial charge is 0.326 e. The van der Waals surface area contributed by atoms with E-state index in [0.29, 0.717) is 18.2 Å². The molecule has 0 aromatic carbocycles. The van der Waals surface area contributed by atoms with Gasteiger partial charge in [0.05, 0.1) is 0 Å². The third-order valence-electron chi connectivity index (χ3n) is 2.92. The molecule has 0 aliphatic heterocycles. The van der Waals surface area contributed by atoms with Crippen LogP contribution in [0.15, 0.2) is 0 Å². The van der Waals surface area contributed by atoms with E-state index in [2.05, 4.69) is 31.0 Å². The second kappa shape index (κ2) is 5.72. The van der Waals surface area contributed by atoms with E-state index < -0.39 is 12.0 Å². The van der Waals surface area contributed by atoms with Crippen LogP contribution in [0.1, 0.15) is 58.7 Å². The SMILES string of the molecule is Cc1nnc(CC(C)(C)C)n1C(CC(C)C)C(=O)O. The molecule has 0 bridgehead atoms. The molecule has 0 aliphatic carbocycles. The number of carbonyl (C=O) groups is 1. The number of hydrogen-bond acceptors (Lipinski definition) is 3. The summed E-state index contributed by atoms with van der Waals surface area (Å²) in [4.78, 5) is 11.5. The van der Waals surface area contributed by atoms with Gasteiger partial charge in [-0.2, -0.15) is 0 Å². The van der Waals surface area contributed by atoms with Crippen LogP contribution in [0, 0.1) is 18.3 Å². The molecule has 5 heteroatoms. The van der Waals surface area contributed by atoms with Crippen molar-refractivity contribution in [2.75, 3.05) is 0 Å². The van der Waals surface area contributed by atoms with Crippen LogP contribution in [0.3, 0.4) is 0 Å². The van der Waals surface area contributed by atoms with E-state index >= 15 is 0 Å². The number of aromatic nitrogens is 3. The Morgan fingerprint density at radius 1 is 1.32 bits per heavy atom. The number of aliphatic carboxylic acids is 1. The van der Waals surface area contributed by atoms with Crippen LogP contribution in [0.5, 0.6) is 0 Å². The monoisotopic (exact) mass is 267 g/mol. The fourth-order valence-electron chi connectivity index (χ4n) is 2.18. The minimum Gasteiger partial charge on any atom is -0.480 e. The van der Waals surface area contributed by atoms with Crippen molar-refractivity contribution in [3.8, 4) is 0 Å². The van der Waals surface area contributed by atoms with Crippen LogP contribution >= 0.6 is 0 Å². The van der Waals surface area contributed by atoms with Crippen molar-refractivity contribution in [2.24, 2.45) is 11.3 Å². The molecule has 1 aromatic heterocycles. The molecule has 108 valence electrons. The molecule has 0 saturated carbocycles. The third kappa shape index (κ3) is 4.33. The summed E-state index contributed by atoms with van der Waals surface area (Å²) in [6.07, 6.45) is 1.31. The Labute approximate surface area is 115 Å². The van der Waals surface area contributed by atoms with Gasteiger partial charge in [-0.15, -0.1) is 10.2 Å². The summed E-state index contributed by atoms with van der Waals surface area (Å²) in [5.74, 6) is 0.933. The predicted molar refractivity (Wildman–Crippen MR) is 74.0 cm³/mol. The van der Waals surface area contributed by atoms with Gasteiger partial charge in [0, 0.05) is 6.42 Å². The predicted octanol–water partition coefficient (Wildman–Crippen LogP) is 2.85. The molecule has 19 heavy (non-hydrogen) atoms. The Hall–Kier alpha value is -1.39. The van der Waals surface area contributed by atoms with Crippen molar-refractivity contribution in [1.29, 1.82) is 0 Å². The molecule has 0 radical (unpaired) electrons. The summed E-state index contributed by atoms with van der Waals surface area (Å²) < 4.78 is 1.79. The maximum absolute atomic E-state index is 11.5. The summed E-state index contributed by atoms with van der Waals surface area (Å²) in [6, 6.07) is -0.577. The van der Waals surface area contributed by atoms with Gasteiger partial charge in [-0.05, 0) is 24.7 Å². The molecule has 1 N–H and O–H groups in total. The Balaban J connectivity index is 3.15. The molecule has 1 aromatic rings. The highest BCUT2D eigenvalue weighted by molar-refractivity contribution is 5.72. The highest BCUT2D eigenvalue weighted by Gasteiger charge is 2.27. The molecule has 5 nitrogen and oxygen atoms in total. The van der Waals surface area contributed by atoms with E-state index in [9.17, 15) is 9.90 Å². The van der Waals surface area contributed by atoms with Crippen LogP contribution in [0.25, 0.3) is 0 Å². The van der Waals surface area contributed by atoms with Gasteiger partial charge in [0.25, 0.3) is 0 Å². The first-order valence-electron chi connectivity index (χ1n) is 6.75. The highest BCUT2D eigenvalue weighted by atomic mass is 16.4. The Bertz CT molecular complexity index is 444. The Morgan fingerprint density at radius 3 is 2.32 bits per heavy atom. The summed E-state index contributed by atoms with van der Waals surface area (Å²) in [5.41, 5.74) is 0.0537. The normalized spacial score (nSPS) is 13.8. The third-order valence-corrected chi connectivity index (χ3v) is 2.92. The van der Waals surface area contributed by atoms with Gasteiger partial charge in [0.2, 0.25) is 0 Å². The number of hydrogen-bond donors (Lipinski definition) is 1. The van der Waals surface area contributed by atoms with Crippen molar-refractivity contribution < 1.29 is 9.90 Å². The second-order valence-electron chi connectivity index (χ2n) is 6.75. The maximum atomic E-state index is 11.5. The molecular formula is C14H25N3O2. The first kappa shape index (κ1) is 15.7. The molecule has 0 fully saturated rings. The summed E-state index contributed by atoms with van der Waals surface area (Å²) in [5, 5.41) is 17.7. The fraction of sp³-hybridized carbons (Fsp3) is 0.786. The minimum atomic E-state index is -0.813. The van der Waals surface area contributed by atoms with E-state index in [4.69, 9.17) is 0 Å². The minimum absolute atomic E-state index is 0.0537. The quantitative estimate of drug-likeness (QED) is 0.890. The average molecular weight is 267 g/mol. The van der Waals surface area contributed by atoms with Gasteiger partial charge in [-0.3, -0.25) is 0 Å². The summed E-state index contributed by atoms with van der Waals surface area (Å²) >= 11 is 0. The molecular weight excluding hydrogens is 242 g/mol. The fourth-order valence-corrected chi connectivity index (χ4v) is 2.18. The highest BCUT2D eigenvalue weighted by Crippen LogP contribution is 2.25.